The second-order valence-electron chi connectivity index (χ2n) is 3.16. The molecule has 13 heavy (non-hydrogen) atoms. The standard InChI is InChI=1S/C8H11NO4/c9-6-2-4(7(10)11)1-5(3-6)8(12)13/h2,4-5H,1,3,9H2,(H,10,11)(H,12,13). The number of carboxylic acids is 2. The molecule has 4 N–H and O–H groups in total. The van der Waals surface area contributed by atoms with Gasteiger partial charge in [0.25, 0.3) is 0 Å². The van der Waals surface area contributed by atoms with E-state index >= 15 is 0 Å². The van der Waals surface area contributed by atoms with Crippen molar-refractivity contribution in [2.45, 2.75) is 12.8 Å². The van der Waals surface area contributed by atoms with Gasteiger partial charge in [0.05, 0.1) is 11.8 Å². The lowest BCUT2D eigenvalue weighted by atomic mass is 9.85. The van der Waals surface area contributed by atoms with Gasteiger partial charge in [0.2, 0.25) is 0 Å². The summed E-state index contributed by atoms with van der Waals surface area (Å²) in [7, 11) is 0. The Kier molecular flexibility index (Phi) is 2.55. The van der Waals surface area contributed by atoms with E-state index in [0.717, 1.165) is 0 Å². The SMILES string of the molecule is NC1=CC(C(=O)O)CC(C(=O)O)C1. The number of nitrogens with two attached hydrogens (primary N) is 1. The number of rotatable bonds is 2. The predicted octanol–water partition coefficient (Wildman–Crippen LogP) is 0.0244. The van der Waals surface area contributed by atoms with Crippen LogP contribution in [0.1, 0.15) is 12.8 Å². The smallest absolute Gasteiger partial charge is 0.310 e. The van der Waals surface area contributed by atoms with Crippen LogP contribution in [0.2, 0.25) is 0 Å². The lowest BCUT2D eigenvalue weighted by molar-refractivity contribution is -0.145. The number of carbonyl (C=O) groups is 2. The monoisotopic (exact) mass is 185 g/mol. The third kappa shape index (κ3) is 2.21. The van der Waals surface area contributed by atoms with Crippen LogP contribution in [0.15, 0.2) is 11.8 Å². The maximum atomic E-state index is 10.6. The first-order chi connectivity index (χ1) is 6.00. The van der Waals surface area contributed by atoms with Crippen LogP contribution in [0.5, 0.6) is 0 Å². The van der Waals surface area contributed by atoms with Gasteiger partial charge in [0.1, 0.15) is 0 Å². The molecule has 5 nitrogen and oxygen atoms in total. The van der Waals surface area contributed by atoms with Crippen molar-refractivity contribution >= 4 is 11.9 Å². The summed E-state index contributed by atoms with van der Waals surface area (Å²) in [5.74, 6) is -3.42. The molecular formula is C8H11NO4. The van der Waals surface area contributed by atoms with Crippen molar-refractivity contribution in [3.05, 3.63) is 11.8 Å². The van der Waals surface area contributed by atoms with E-state index in [1.807, 2.05) is 0 Å². The topological polar surface area (TPSA) is 101 Å². The number of allylic oxidation sites excluding steroid dienone is 1. The fourth-order valence-electron chi connectivity index (χ4n) is 1.43. The van der Waals surface area contributed by atoms with Crippen molar-refractivity contribution in [3.63, 3.8) is 0 Å². The molecule has 0 amide bonds. The first-order valence-corrected chi connectivity index (χ1v) is 3.92. The van der Waals surface area contributed by atoms with Gasteiger partial charge in [-0.05, 0) is 12.8 Å². The number of hydrogen-bond donors (Lipinski definition) is 3. The molecular weight excluding hydrogens is 174 g/mol. The van der Waals surface area contributed by atoms with Gasteiger partial charge in [-0.1, -0.05) is 6.08 Å². The van der Waals surface area contributed by atoms with Crippen molar-refractivity contribution in [2.24, 2.45) is 17.6 Å². The van der Waals surface area contributed by atoms with Gasteiger partial charge in [0.15, 0.2) is 0 Å². The fourth-order valence-corrected chi connectivity index (χ4v) is 1.43. The minimum atomic E-state index is -1.02. The molecule has 0 aromatic heterocycles. The highest BCUT2D eigenvalue weighted by Gasteiger charge is 2.30. The predicted molar refractivity (Wildman–Crippen MR) is 43.8 cm³/mol. The van der Waals surface area contributed by atoms with E-state index in [1.54, 1.807) is 0 Å². The van der Waals surface area contributed by atoms with Crippen LogP contribution < -0.4 is 5.73 Å². The fraction of sp³-hybridized carbons (Fsp3) is 0.500. The van der Waals surface area contributed by atoms with Gasteiger partial charge in [-0.3, -0.25) is 9.59 Å². The normalized spacial score (nSPS) is 27.8. The number of carboxylic acid groups (broad SMARTS) is 2. The zero-order valence-corrected chi connectivity index (χ0v) is 6.93. The minimum Gasteiger partial charge on any atom is -0.481 e. The minimum absolute atomic E-state index is 0.130. The van der Waals surface area contributed by atoms with Gasteiger partial charge in [-0.2, -0.15) is 0 Å². The van der Waals surface area contributed by atoms with E-state index in [2.05, 4.69) is 0 Å². The van der Waals surface area contributed by atoms with E-state index < -0.39 is 23.8 Å². The van der Waals surface area contributed by atoms with E-state index in [9.17, 15) is 9.59 Å². The van der Waals surface area contributed by atoms with Crippen LogP contribution >= 0.6 is 0 Å². The summed E-state index contributed by atoms with van der Waals surface area (Å²) in [5, 5.41) is 17.3. The highest BCUT2D eigenvalue weighted by molar-refractivity contribution is 5.76. The molecule has 0 spiro atoms. The molecule has 72 valence electrons. The Hall–Kier alpha value is -1.52. The summed E-state index contributed by atoms with van der Waals surface area (Å²) < 4.78 is 0. The lowest BCUT2D eigenvalue weighted by Crippen LogP contribution is -2.28. The molecule has 0 fully saturated rings. The molecule has 0 radical (unpaired) electrons. The second kappa shape index (κ2) is 3.47. The van der Waals surface area contributed by atoms with E-state index in [1.165, 1.54) is 6.08 Å². The van der Waals surface area contributed by atoms with Gasteiger partial charge >= 0.3 is 11.9 Å². The summed E-state index contributed by atoms with van der Waals surface area (Å²) in [4.78, 5) is 21.2. The zero-order chi connectivity index (χ0) is 10.0. The molecule has 1 rings (SSSR count). The molecule has 0 saturated carbocycles. The van der Waals surface area contributed by atoms with Crippen LogP contribution in [0.3, 0.4) is 0 Å². The third-order valence-corrected chi connectivity index (χ3v) is 2.10. The molecule has 5 heteroatoms. The largest absolute Gasteiger partial charge is 0.481 e. The Morgan fingerprint density at radius 2 is 2.00 bits per heavy atom. The van der Waals surface area contributed by atoms with Gasteiger partial charge in [-0.15, -0.1) is 0 Å². The Balaban J connectivity index is 2.77. The van der Waals surface area contributed by atoms with Crippen LogP contribution in [-0.4, -0.2) is 22.2 Å². The Labute approximate surface area is 74.8 Å². The summed E-state index contributed by atoms with van der Waals surface area (Å²) in [6, 6.07) is 0. The molecule has 1 aliphatic carbocycles. The second-order valence-corrected chi connectivity index (χ2v) is 3.16. The maximum absolute atomic E-state index is 10.6. The van der Waals surface area contributed by atoms with Crippen molar-refractivity contribution in [3.8, 4) is 0 Å². The van der Waals surface area contributed by atoms with E-state index in [-0.39, 0.29) is 12.8 Å². The van der Waals surface area contributed by atoms with Crippen molar-refractivity contribution in [1.29, 1.82) is 0 Å². The molecule has 1 aliphatic rings. The lowest BCUT2D eigenvalue weighted by Gasteiger charge is -2.21. The molecule has 0 heterocycles. The molecule has 2 unspecified atom stereocenters. The molecule has 2 atom stereocenters. The van der Waals surface area contributed by atoms with Gasteiger partial charge in [-0.25, -0.2) is 0 Å². The van der Waals surface area contributed by atoms with Gasteiger partial charge in [0, 0.05) is 5.70 Å². The summed E-state index contributed by atoms with van der Waals surface area (Å²) in [6.07, 6.45) is 1.80. The zero-order valence-electron chi connectivity index (χ0n) is 6.93. The summed E-state index contributed by atoms with van der Waals surface area (Å²) >= 11 is 0. The molecule has 0 aliphatic heterocycles. The summed E-state index contributed by atoms with van der Waals surface area (Å²) in [5.41, 5.74) is 5.78. The third-order valence-electron chi connectivity index (χ3n) is 2.10. The number of aliphatic carboxylic acids is 2. The van der Waals surface area contributed by atoms with Crippen LogP contribution in [0.4, 0.5) is 0 Å². The first-order valence-electron chi connectivity index (χ1n) is 3.92. The molecule has 0 aromatic carbocycles. The molecule has 0 saturated heterocycles. The summed E-state index contributed by atoms with van der Waals surface area (Å²) in [6.45, 7) is 0. The highest BCUT2D eigenvalue weighted by Crippen LogP contribution is 2.26. The Morgan fingerprint density at radius 1 is 1.38 bits per heavy atom. The van der Waals surface area contributed by atoms with Crippen molar-refractivity contribution in [1.82, 2.24) is 0 Å². The van der Waals surface area contributed by atoms with E-state index in [0.29, 0.717) is 5.70 Å². The van der Waals surface area contributed by atoms with Crippen LogP contribution in [-0.2, 0) is 9.59 Å². The van der Waals surface area contributed by atoms with Crippen molar-refractivity contribution < 1.29 is 19.8 Å². The van der Waals surface area contributed by atoms with Gasteiger partial charge < -0.3 is 15.9 Å². The Morgan fingerprint density at radius 3 is 2.46 bits per heavy atom. The van der Waals surface area contributed by atoms with Crippen molar-refractivity contribution in [2.75, 3.05) is 0 Å². The molecule has 0 bridgehead atoms. The van der Waals surface area contributed by atoms with E-state index in [4.69, 9.17) is 15.9 Å². The average Bonchev–Trinajstić information content (AvgIpc) is 2.03. The molecule has 0 aromatic rings. The van der Waals surface area contributed by atoms with Crippen LogP contribution in [0.25, 0.3) is 0 Å². The highest BCUT2D eigenvalue weighted by atomic mass is 16.4. The quantitative estimate of drug-likeness (QED) is 0.563. The van der Waals surface area contributed by atoms with Crippen LogP contribution in [0, 0.1) is 11.8 Å². The Bertz CT molecular complexity index is 271. The average molecular weight is 185 g/mol. The number of hydrogen-bond acceptors (Lipinski definition) is 3. The maximum Gasteiger partial charge on any atom is 0.310 e. The first kappa shape index (κ1) is 9.57.